The van der Waals surface area contributed by atoms with Crippen LogP contribution in [0.1, 0.15) is 0 Å². The zero-order valence-corrected chi connectivity index (χ0v) is 34.2. The number of pyridine rings is 2. The lowest BCUT2D eigenvalue weighted by atomic mass is 9.96. The number of hydrogen-bond donors (Lipinski definition) is 0. The molecule has 0 bridgehead atoms. The molecule has 2 nitrogen and oxygen atoms in total. The molecule has 0 radical (unpaired) electrons. The van der Waals surface area contributed by atoms with Gasteiger partial charge in [-0.3, -0.25) is 0 Å². The number of rotatable bonds is 8. The van der Waals surface area contributed by atoms with Crippen LogP contribution in [0.3, 0.4) is 0 Å². The third-order valence-corrected chi connectivity index (χ3v) is 11.9. The van der Waals surface area contributed by atoms with Gasteiger partial charge in [-0.2, -0.15) is 0 Å². The highest BCUT2D eigenvalue weighted by molar-refractivity contribution is 7.16. The fourth-order valence-corrected chi connectivity index (χ4v) is 8.54. The van der Waals surface area contributed by atoms with E-state index in [4.69, 9.17) is 9.97 Å². The summed E-state index contributed by atoms with van der Waals surface area (Å²) in [4.78, 5) is 10.2. The Morgan fingerprint density at radius 1 is 0.230 bits per heavy atom. The van der Waals surface area contributed by atoms with Gasteiger partial charge in [0.2, 0.25) is 0 Å². The van der Waals surface area contributed by atoms with Crippen molar-refractivity contribution in [1.82, 2.24) is 9.97 Å². The minimum Gasteiger partial charge on any atom is -0.248 e. The first-order valence-electron chi connectivity index (χ1n) is 20.5. The van der Waals surface area contributed by atoms with E-state index in [1.54, 1.807) is 11.3 Å². The average molecular weight is 797 g/mol. The highest BCUT2D eigenvalue weighted by atomic mass is 32.1. The molecule has 0 aliphatic rings. The van der Waals surface area contributed by atoms with Crippen LogP contribution < -0.4 is 0 Å². The molecule has 0 atom stereocenters. The molecule has 0 aliphatic heterocycles. The zero-order chi connectivity index (χ0) is 40.8. The summed E-state index contributed by atoms with van der Waals surface area (Å²) in [6.07, 6.45) is 0. The van der Waals surface area contributed by atoms with Gasteiger partial charge in [0.15, 0.2) is 0 Å². The monoisotopic (exact) mass is 796 g/mol. The van der Waals surface area contributed by atoms with Gasteiger partial charge in [0.1, 0.15) is 0 Å². The number of benzene rings is 7. The zero-order valence-electron chi connectivity index (χ0n) is 33.4. The van der Waals surface area contributed by atoms with Crippen LogP contribution in [0.25, 0.3) is 99.6 Å². The largest absolute Gasteiger partial charge is 0.248 e. The van der Waals surface area contributed by atoms with Gasteiger partial charge in [0.25, 0.3) is 0 Å². The Morgan fingerprint density at radius 3 is 1.02 bits per heavy atom. The topological polar surface area (TPSA) is 25.8 Å². The molecule has 0 unspecified atom stereocenters. The van der Waals surface area contributed by atoms with Crippen molar-refractivity contribution in [3.63, 3.8) is 0 Å². The minimum absolute atomic E-state index is 0.955. The van der Waals surface area contributed by atoms with Gasteiger partial charge < -0.3 is 0 Å². The molecule has 0 N–H and O–H groups in total. The van der Waals surface area contributed by atoms with E-state index in [2.05, 4.69) is 218 Å². The summed E-state index contributed by atoms with van der Waals surface area (Å²) in [7, 11) is 0. The molecular formula is C58H40N2S. The smallest absolute Gasteiger partial charge is 0.0715 e. The second-order valence-corrected chi connectivity index (χ2v) is 16.0. The Kier molecular flexibility index (Phi) is 10.6. The van der Waals surface area contributed by atoms with E-state index in [1.165, 1.54) is 21.2 Å². The van der Waals surface area contributed by atoms with Crippen molar-refractivity contribution < 1.29 is 0 Å². The fraction of sp³-hybridized carbons (Fsp3) is 0. The van der Waals surface area contributed by atoms with Crippen molar-refractivity contribution in [2.24, 2.45) is 0 Å². The van der Waals surface area contributed by atoms with Crippen LogP contribution >= 0.6 is 11.3 Å². The Labute approximate surface area is 361 Å². The molecule has 0 fully saturated rings. The highest BCUT2D eigenvalue weighted by Crippen LogP contribution is 2.35. The summed E-state index contributed by atoms with van der Waals surface area (Å²) >= 11 is 1.75. The molecule has 61 heavy (non-hydrogen) atoms. The number of nitrogens with zero attached hydrogens (tertiary/aromatic N) is 2. The van der Waals surface area contributed by atoms with Crippen molar-refractivity contribution in [2.45, 2.75) is 0 Å². The Bertz CT molecular complexity index is 3060. The predicted octanol–water partition coefficient (Wildman–Crippen LogP) is 16.2. The van der Waals surface area contributed by atoms with Gasteiger partial charge >= 0.3 is 0 Å². The van der Waals surface area contributed by atoms with Gasteiger partial charge in [-0.15, -0.1) is 11.3 Å². The first kappa shape index (κ1) is 37.5. The molecule has 0 spiro atoms. The standard InChI is InChI=1S/C58H40N2S/c1-5-16-42(17-6-1)54-37-52(38-55(59-54)43-18-7-2-8-19-43)48-26-13-24-46(34-48)41-28-15-33-61-58-32-31-50(36-51(58)30-29-41)47-25-14-27-49(35-47)53-39-56(44-20-9-3-10-21-44)60-57(40-53)45-22-11-4-12-23-45/h1-40H. The number of aromatic nitrogens is 2. The first-order valence-corrected chi connectivity index (χ1v) is 21.4. The van der Waals surface area contributed by atoms with Crippen LogP contribution in [0.5, 0.6) is 0 Å². The summed E-state index contributed by atoms with van der Waals surface area (Å²) in [5, 5.41) is 3.35. The van der Waals surface area contributed by atoms with E-state index in [1.807, 2.05) is 24.3 Å². The third kappa shape index (κ3) is 8.42. The van der Waals surface area contributed by atoms with Crippen molar-refractivity contribution in [1.29, 1.82) is 0 Å². The first-order chi connectivity index (χ1) is 30.2. The van der Waals surface area contributed by atoms with Crippen LogP contribution in [0.15, 0.2) is 242 Å². The van der Waals surface area contributed by atoms with Crippen LogP contribution in [0, 0.1) is 0 Å². The number of hydrogen-bond acceptors (Lipinski definition) is 3. The molecular weight excluding hydrogens is 757 g/mol. The predicted molar refractivity (Wildman–Crippen MR) is 259 cm³/mol. The van der Waals surface area contributed by atoms with Crippen molar-refractivity contribution in [3.05, 3.63) is 242 Å². The summed E-state index contributed by atoms with van der Waals surface area (Å²) in [5.41, 5.74) is 17.4. The van der Waals surface area contributed by atoms with Crippen LogP contribution in [0.2, 0.25) is 0 Å². The average Bonchev–Trinajstić information content (AvgIpc) is 3.45. The second-order valence-electron chi connectivity index (χ2n) is 15.0. The van der Waals surface area contributed by atoms with Crippen LogP contribution in [-0.4, -0.2) is 9.97 Å². The summed E-state index contributed by atoms with van der Waals surface area (Å²) in [6.45, 7) is 0. The molecule has 3 aromatic heterocycles. The summed E-state index contributed by atoms with van der Waals surface area (Å²) < 4.78 is 1.21. The SMILES string of the molecule is c1ccc(-c2cc(-c3cccc(-c4cccsc5ccc(-c6cccc(-c7cc(-c8ccccc8)nc(-c8ccccc8)c7)c6)cc5cc4)c3)cc(-c3ccccc3)n2)cc1. The van der Waals surface area contributed by atoms with Gasteiger partial charge in [0, 0.05) is 27.0 Å². The van der Waals surface area contributed by atoms with Gasteiger partial charge in [-0.05, 0) is 104 Å². The van der Waals surface area contributed by atoms with E-state index in [0.717, 1.165) is 78.4 Å². The van der Waals surface area contributed by atoms with Crippen molar-refractivity contribution in [3.8, 4) is 89.5 Å². The summed E-state index contributed by atoms with van der Waals surface area (Å²) in [6, 6.07) is 83.9. The molecule has 3 heteroatoms. The maximum atomic E-state index is 5.11. The quantitative estimate of drug-likeness (QED) is 0.153. The maximum absolute atomic E-state index is 5.11. The Balaban J connectivity index is 1.01. The van der Waals surface area contributed by atoms with Gasteiger partial charge in [-0.1, -0.05) is 188 Å². The third-order valence-electron chi connectivity index (χ3n) is 11.0. The van der Waals surface area contributed by atoms with E-state index in [9.17, 15) is 0 Å². The molecule has 0 aliphatic carbocycles. The highest BCUT2D eigenvalue weighted by Gasteiger charge is 2.12. The minimum atomic E-state index is 0.955. The van der Waals surface area contributed by atoms with E-state index in [0.29, 0.717) is 0 Å². The molecule has 288 valence electrons. The normalized spacial score (nSPS) is 11.0. The lowest BCUT2D eigenvalue weighted by Crippen LogP contribution is -1.91. The molecule has 0 amide bonds. The lowest BCUT2D eigenvalue weighted by Gasteiger charge is -2.12. The Morgan fingerprint density at radius 2 is 0.574 bits per heavy atom. The maximum Gasteiger partial charge on any atom is 0.0715 e. The van der Waals surface area contributed by atoms with Crippen molar-refractivity contribution >= 4 is 21.4 Å². The molecule has 0 saturated carbocycles. The van der Waals surface area contributed by atoms with Gasteiger partial charge in [-0.25, -0.2) is 9.97 Å². The van der Waals surface area contributed by atoms with Crippen LogP contribution in [-0.2, 0) is 0 Å². The van der Waals surface area contributed by atoms with E-state index < -0.39 is 0 Å². The molecule has 10 aromatic rings. The fourth-order valence-electron chi connectivity index (χ4n) is 7.83. The molecule has 3 heterocycles. The number of fused-ring (bicyclic) bond motifs is 1. The van der Waals surface area contributed by atoms with Crippen LogP contribution in [0.4, 0.5) is 0 Å². The van der Waals surface area contributed by atoms with E-state index in [-0.39, 0.29) is 0 Å². The molecule has 7 aromatic carbocycles. The molecule has 0 saturated heterocycles. The van der Waals surface area contributed by atoms with Crippen molar-refractivity contribution in [2.75, 3.05) is 0 Å². The molecule has 10 rings (SSSR count). The summed E-state index contributed by atoms with van der Waals surface area (Å²) in [5.74, 6) is 0. The Hall–Kier alpha value is -7.72. The van der Waals surface area contributed by atoms with Gasteiger partial charge in [0.05, 0.1) is 22.8 Å². The second kappa shape index (κ2) is 17.2. The van der Waals surface area contributed by atoms with E-state index >= 15 is 0 Å². The lowest BCUT2D eigenvalue weighted by molar-refractivity contribution is 1.32.